The molecule has 0 amide bonds. The van der Waals surface area contributed by atoms with Gasteiger partial charge in [-0.1, -0.05) is 19.1 Å². The van der Waals surface area contributed by atoms with Crippen LogP contribution in [0.15, 0.2) is 24.3 Å². The number of aromatic nitrogens is 2. The van der Waals surface area contributed by atoms with Crippen molar-refractivity contribution in [1.29, 1.82) is 0 Å². The van der Waals surface area contributed by atoms with Crippen molar-refractivity contribution in [2.75, 3.05) is 0 Å². The van der Waals surface area contributed by atoms with Gasteiger partial charge in [0.25, 0.3) is 0 Å². The van der Waals surface area contributed by atoms with E-state index >= 15 is 0 Å². The lowest BCUT2D eigenvalue weighted by atomic mass is 10.3. The van der Waals surface area contributed by atoms with Crippen molar-refractivity contribution in [2.45, 2.75) is 19.9 Å². The maximum atomic E-state index is 10.8. The van der Waals surface area contributed by atoms with Crippen molar-refractivity contribution in [1.82, 2.24) is 4.98 Å². The van der Waals surface area contributed by atoms with Crippen LogP contribution in [0.5, 0.6) is 0 Å². The summed E-state index contributed by atoms with van der Waals surface area (Å²) in [6.07, 6.45) is 1.89. The third-order valence-corrected chi connectivity index (χ3v) is 2.31. The molecule has 1 aromatic heterocycles. The summed E-state index contributed by atoms with van der Waals surface area (Å²) in [5, 5.41) is 0. The van der Waals surface area contributed by atoms with Crippen molar-refractivity contribution in [3.05, 3.63) is 30.1 Å². The molecular formula is C11H13N2O+. The van der Waals surface area contributed by atoms with E-state index in [0.717, 1.165) is 30.3 Å². The lowest BCUT2D eigenvalue weighted by molar-refractivity contribution is -0.672. The van der Waals surface area contributed by atoms with Gasteiger partial charge in [-0.3, -0.25) is 4.79 Å². The molecule has 0 fully saturated rings. The number of aromatic amines is 1. The van der Waals surface area contributed by atoms with E-state index in [0.29, 0.717) is 5.82 Å². The zero-order chi connectivity index (χ0) is 9.97. The highest BCUT2D eigenvalue weighted by Gasteiger charge is 2.15. The SMILES string of the molecule is CCC[n+]1c(C=O)[nH]c2ccccc21. The zero-order valence-corrected chi connectivity index (χ0v) is 8.16. The molecule has 0 unspecified atom stereocenters. The number of rotatable bonds is 3. The van der Waals surface area contributed by atoms with Crippen molar-refractivity contribution in [3.63, 3.8) is 0 Å². The molecule has 3 heteroatoms. The summed E-state index contributed by atoms with van der Waals surface area (Å²) in [6.45, 7) is 2.97. The number of benzene rings is 1. The maximum Gasteiger partial charge on any atom is 0.320 e. The molecule has 0 spiro atoms. The summed E-state index contributed by atoms with van der Waals surface area (Å²) in [5.41, 5.74) is 2.11. The van der Waals surface area contributed by atoms with E-state index in [4.69, 9.17) is 0 Å². The summed E-state index contributed by atoms with van der Waals surface area (Å²) in [5.74, 6) is 0.646. The second-order valence-electron chi connectivity index (χ2n) is 3.30. The van der Waals surface area contributed by atoms with Gasteiger partial charge in [0.15, 0.2) is 11.0 Å². The topological polar surface area (TPSA) is 36.7 Å². The fourth-order valence-corrected chi connectivity index (χ4v) is 1.71. The van der Waals surface area contributed by atoms with E-state index in [1.807, 2.05) is 28.8 Å². The van der Waals surface area contributed by atoms with Crippen LogP contribution in [0.3, 0.4) is 0 Å². The first-order valence-corrected chi connectivity index (χ1v) is 4.82. The van der Waals surface area contributed by atoms with Crippen molar-refractivity contribution >= 4 is 17.3 Å². The van der Waals surface area contributed by atoms with Crippen LogP contribution in [0.1, 0.15) is 24.0 Å². The molecule has 0 aliphatic heterocycles. The minimum Gasteiger partial charge on any atom is -0.289 e. The van der Waals surface area contributed by atoms with Gasteiger partial charge in [0.1, 0.15) is 0 Å². The molecule has 0 saturated carbocycles. The standard InChI is InChI=1S/C11H12N2O/c1-2-7-13-10-6-4-3-5-9(10)12-11(13)8-14/h3-6,8H,2,7H2,1H3/p+1. The Morgan fingerprint density at radius 3 is 2.93 bits per heavy atom. The van der Waals surface area contributed by atoms with E-state index < -0.39 is 0 Å². The van der Waals surface area contributed by atoms with Gasteiger partial charge in [-0.2, -0.15) is 0 Å². The number of hydrogen-bond donors (Lipinski definition) is 1. The number of hydrogen-bond acceptors (Lipinski definition) is 1. The van der Waals surface area contributed by atoms with Gasteiger partial charge >= 0.3 is 5.82 Å². The fourth-order valence-electron chi connectivity index (χ4n) is 1.71. The number of aryl methyl sites for hydroxylation is 1. The number of fused-ring (bicyclic) bond motifs is 1. The predicted molar refractivity (Wildman–Crippen MR) is 54.2 cm³/mol. The molecule has 1 heterocycles. The predicted octanol–water partition coefficient (Wildman–Crippen LogP) is 1.68. The number of para-hydroxylation sites is 2. The van der Waals surface area contributed by atoms with Crippen LogP contribution in [0.2, 0.25) is 0 Å². The third-order valence-electron chi connectivity index (χ3n) is 2.31. The molecule has 0 saturated heterocycles. The van der Waals surface area contributed by atoms with E-state index in [2.05, 4.69) is 11.9 Å². The number of nitrogens with zero attached hydrogens (tertiary/aromatic N) is 1. The molecule has 0 aliphatic carbocycles. The molecule has 2 rings (SSSR count). The first kappa shape index (κ1) is 8.94. The number of nitrogens with one attached hydrogen (secondary N) is 1. The molecule has 2 aromatic rings. The summed E-state index contributed by atoms with van der Waals surface area (Å²) >= 11 is 0. The van der Waals surface area contributed by atoms with Gasteiger partial charge in [0.05, 0.1) is 6.54 Å². The van der Waals surface area contributed by atoms with Crippen LogP contribution in [0.4, 0.5) is 0 Å². The summed E-state index contributed by atoms with van der Waals surface area (Å²) in [6, 6.07) is 7.95. The van der Waals surface area contributed by atoms with Crippen molar-refractivity contribution in [3.8, 4) is 0 Å². The molecule has 0 radical (unpaired) electrons. The Labute approximate surface area is 82.4 Å². The second kappa shape index (κ2) is 3.62. The van der Waals surface area contributed by atoms with Crippen molar-refractivity contribution < 1.29 is 9.36 Å². The Morgan fingerprint density at radius 1 is 1.43 bits per heavy atom. The number of imidazole rings is 1. The van der Waals surface area contributed by atoms with E-state index in [9.17, 15) is 4.79 Å². The summed E-state index contributed by atoms with van der Waals surface area (Å²) < 4.78 is 2.02. The van der Waals surface area contributed by atoms with Crippen LogP contribution >= 0.6 is 0 Å². The average molecular weight is 189 g/mol. The first-order valence-electron chi connectivity index (χ1n) is 4.82. The molecule has 1 aromatic carbocycles. The Hall–Kier alpha value is -1.64. The number of aldehydes is 1. The average Bonchev–Trinajstić information content (AvgIpc) is 2.58. The Morgan fingerprint density at radius 2 is 2.21 bits per heavy atom. The van der Waals surface area contributed by atoms with E-state index in [-0.39, 0.29) is 0 Å². The molecule has 0 atom stereocenters. The van der Waals surface area contributed by atoms with Gasteiger partial charge in [0.2, 0.25) is 6.29 Å². The van der Waals surface area contributed by atoms with Crippen LogP contribution < -0.4 is 4.57 Å². The highest BCUT2D eigenvalue weighted by molar-refractivity contribution is 5.77. The lowest BCUT2D eigenvalue weighted by Crippen LogP contribution is -2.36. The summed E-state index contributed by atoms with van der Waals surface area (Å²) in [4.78, 5) is 13.9. The van der Waals surface area contributed by atoms with E-state index in [1.165, 1.54) is 0 Å². The number of carbonyl (C=O) groups excluding carboxylic acids is 1. The normalized spacial score (nSPS) is 10.6. The maximum absolute atomic E-state index is 10.8. The van der Waals surface area contributed by atoms with Crippen LogP contribution in [0, 0.1) is 0 Å². The zero-order valence-electron chi connectivity index (χ0n) is 8.16. The van der Waals surface area contributed by atoms with E-state index in [1.54, 1.807) is 0 Å². The van der Waals surface area contributed by atoms with Gasteiger partial charge in [0, 0.05) is 0 Å². The third kappa shape index (κ3) is 1.31. The van der Waals surface area contributed by atoms with Gasteiger partial charge in [-0.25, -0.2) is 9.55 Å². The molecule has 14 heavy (non-hydrogen) atoms. The van der Waals surface area contributed by atoms with Gasteiger partial charge in [-0.15, -0.1) is 0 Å². The molecule has 1 N–H and O–H groups in total. The highest BCUT2D eigenvalue weighted by Crippen LogP contribution is 2.07. The fraction of sp³-hybridized carbons (Fsp3) is 0.273. The van der Waals surface area contributed by atoms with Gasteiger partial charge < -0.3 is 0 Å². The lowest BCUT2D eigenvalue weighted by Gasteiger charge is -1.94. The monoisotopic (exact) mass is 189 g/mol. The molecular weight excluding hydrogens is 176 g/mol. The van der Waals surface area contributed by atoms with Crippen molar-refractivity contribution in [2.24, 2.45) is 0 Å². The highest BCUT2D eigenvalue weighted by atomic mass is 16.1. The minimum absolute atomic E-state index is 0.646. The van der Waals surface area contributed by atoms with Crippen LogP contribution in [-0.4, -0.2) is 11.3 Å². The number of carbonyl (C=O) groups is 1. The molecule has 0 bridgehead atoms. The second-order valence-corrected chi connectivity index (χ2v) is 3.30. The smallest absolute Gasteiger partial charge is 0.289 e. The molecule has 0 aliphatic rings. The Balaban J connectivity index is 2.67. The Bertz CT molecular complexity index is 459. The molecule has 72 valence electrons. The molecule has 3 nitrogen and oxygen atoms in total. The van der Waals surface area contributed by atoms with Crippen LogP contribution in [-0.2, 0) is 6.54 Å². The Kier molecular flexibility index (Phi) is 2.31. The number of H-pyrrole nitrogens is 1. The summed E-state index contributed by atoms with van der Waals surface area (Å²) in [7, 11) is 0. The van der Waals surface area contributed by atoms with Gasteiger partial charge in [-0.05, 0) is 18.6 Å². The minimum atomic E-state index is 0.646. The van der Waals surface area contributed by atoms with Crippen LogP contribution in [0.25, 0.3) is 11.0 Å². The largest absolute Gasteiger partial charge is 0.320 e. The quantitative estimate of drug-likeness (QED) is 0.578. The first-order chi connectivity index (χ1) is 6.86.